The number of hydrogen-bond acceptors (Lipinski definition) is 3. The molecule has 11 rings (SSSR count). The van der Waals surface area contributed by atoms with E-state index in [-0.39, 0.29) is 17.1 Å². The lowest BCUT2D eigenvalue weighted by Gasteiger charge is -2.45. The van der Waals surface area contributed by atoms with Gasteiger partial charge in [-0.15, -0.1) is 0 Å². The molecule has 0 radical (unpaired) electrons. The second-order valence-electron chi connectivity index (χ2n) is 13.9. The van der Waals surface area contributed by atoms with Gasteiger partial charge < -0.3 is 4.90 Å². The third kappa shape index (κ3) is 3.74. The zero-order valence-electron chi connectivity index (χ0n) is 28.0. The maximum absolute atomic E-state index is 13.9. The van der Waals surface area contributed by atoms with Crippen molar-refractivity contribution in [3.05, 3.63) is 214 Å². The first kappa shape index (κ1) is 28.9. The molecule has 0 N–H and O–H groups in total. The summed E-state index contributed by atoms with van der Waals surface area (Å²) in [5, 5.41) is 4.23. The van der Waals surface area contributed by atoms with Crippen LogP contribution in [0.2, 0.25) is 0 Å². The molecule has 0 bridgehead atoms. The Morgan fingerprint density at radius 3 is 1.62 bits per heavy atom. The highest BCUT2D eigenvalue weighted by Gasteiger charge is 2.51. The molecule has 0 saturated carbocycles. The number of rotatable bonds is 2. The quantitative estimate of drug-likeness (QED) is 0.136. The Hall–Kier alpha value is -6.84. The molecule has 3 heteroatoms. The smallest absolute Gasteiger partial charge is 0.197 e. The van der Waals surface area contributed by atoms with Gasteiger partial charge in [-0.05, 0) is 97.6 Å². The first-order valence-electron chi connectivity index (χ1n) is 17.7. The van der Waals surface area contributed by atoms with Crippen LogP contribution in [-0.4, -0.2) is 11.6 Å². The molecule has 242 valence electrons. The molecule has 0 fully saturated rings. The number of benzene rings is 8. The Labute approximate surface area is 300 Å². The lowest BCUT2D eigenvalue weighted by atomic mass is 9.64. The van der Waals surface area contributed by atoms with Crippen molar-refractivity contribution in [3.63, 3.8) is 0 Å². The maximum Gasteiger partial charge on any atom is 0.197 e. The molecule has 1 heterocycles. The summed E-state index contributed by atoms with van der Waals surface area (Å²) in [4.78, 5) is 30.3. The van der Waals surface area contributed by atoms with Gasteiger partial charge in [0.15, 0.2) is 11.6 Å². The van der Waals surface area contributed by atoms with Crippen LogP contribution < -0.4 is 4.90 Å². The van der Waals surface area contributed by atoms with E-state index in [1.54, 1.807) is 6.08 Å². The Balaban J connectivity index is 1.20. The molecule has 0 saturated heterocycles. The number of fused-ring (bicyclic) bond motifs is 12. The van der Waals surface area contributed by atoms with Crippen molar-refractivity contribution in [3.8, 4) is 11.1 Å². The first-order chi connectivity index (χ1) is 25.6. The average molecular weight is 664 g/mol. The van der Waals surface area contributed by atoms with E-state index in [0.29, 0.717) is 11.1 Å². The van der Waals surface area contributed by atoms with Crippen LogP contribution in [0.4, 0.5) is 17.1 Å². The van der Waals surface area contributed by atoms with E-state index < -0.39 is 5.41 Å². The molecule has 0 atom stereocenters. The third-order valence-corrected chi connectivity index (χ3v) is 11.3. The number of para-hydroxylation sites is 1. The van der Waals surface area contributed by atoms with Gasteiger partial charge in [0.05, 0.1) is 28.1 Å². The van der Waals surface area contributed by atoms with Crippen LogP contribution in [0.3, 0.4) is 0 Å². The molecular weight excluding hydrogens is 635 g/mol. The second kappa shape index (κ2) is 10.6. The lowest BCUT2D eigenvalue weighted by Crippen LogP contribution is -2.36. The first-order valence-corrected chi connectivity index (χ1v) is 17.7. The molecule has 52 heavy (non-hydrogen) atoms. The monoisotopic (exact) mass is 663 g/mol. The number of carbonyl (C=O) groups is 2. The van der Waals surface area contributed by atoms with E-state index in [4.69, 9.17) is 0 Å². The molecule has 1 aliphatic heterocycles. The van der Waals surface area contributed by atoms with E-state index >= 15 is 0 Å². The van der Waals surface area contributed by atoms with Crippen molar-refractivity contribution in [2.45, 2.75) is 5.41 Å². The van der Waals surface area contributed by atoms with Crippen molar-refractivity contribution < 1.29 is 9.59 Å². The fourth-order valence-electron chi connectivity index (χ4n) is 9.18. The SMILES string of the molecule is O=C1C(=Cc2ccc3c(c2)C2(c4ccccc4-c4ccccc42)c2ccccc2N3c2cccc3ccccc23)C(=O)c2cc3ccccc3cc21. The maximum atomic E-state index is 13.9. The zero-order valence-corrected chi connectivity index (χ0v) is 28.0. The molecule has 0 aromatic heterocycles. The van der Waals surface area contributed by atoms with Crippen molar-refractivity contribution in [2.24, 2.45) is 0 Å². The summed E-state index contributed by atoms with van der Waals surface area (Å²) in [6.07, 6.45) is 1.80. The number of carbonyl (C=O) groups excluding carboxylic acids is 2. The molecule has 8 aromatic carbocycles. The Morgan fingerprint density at radius 1 is 0.404 bits per heavy atom. The lowest BCUT2D eigenvalue weighted by molar-refractivity contribution is 0.0990. The summed E-state index contributed by atoms with van der Waals surface area (Å²) in [7, 11) is 0. The van der Waals surface area contributed by atoms with Gasteiger partial charge in [-0.1, -0.05) is 133 Å². The van der Waals surface area contributed by atoms with Gasteiger partial charge in [-0.3, -0.25) is 9.59 Å². The summed E-state index contributed by atoms with van der Waals surface area (Å²) in [5.41, 5.74) is 11.7. The minimum atomic E-state index is -0.640. The molecule has 0 unspecified atom stereocenters. The predicted molar refractivity (Wildman–Crippen MR) is 210 cm³/mol. The fraction of sp³-hybridized carbons (Fsp3) is 0.0204. The molecule has 0 amide bonds. The highest BCUT2D eigenvalue weighted by Crippen LogP contribution is 2.63. The average Bonchev–Trinajstić information content (AvgIpc) is 3.62. The highest BCUT2D eigenvalue weighted by molar-refractivity contribution is 6.42. The van der Waals surface area contributed by atoms with Gasteiger partial charge in [0, 0.05) is 16.5 Å². The van der Waals surface area contributed by atoms with E-state index in [1.165, 1.54) is 33.2 Å². The van der Waals surface area contributed by atoms with E-state index in [9.17, 15) is 9.59 Å². The van der Waals surface area contributed by atoms with Gasteiger partial charge >= 0.3 is 0 Å². The Morgan fingerprint density at radius 2 is 0.923 bits per heavy atom. The number of anilines is 3. The van der Waals surface area contributed by atoms with Crippen molar-refractivity contribution in [2.75, 3.05) is 4.90 Å². The Bertz CT molecular complexity index is 2810. The van der Waals surface area contributed by atoms with E-state index in [1.807, 2.05) is 36.4 Å². The van der Waals surface area contributed by atoms with Crippen LogP contribution >= 0.6 is 0 Å². The van der Waals surface area contributed by atoms with Crippen molar-refractivity contribution in [1.29, 1.82) is 0 Å². The minimum absolute atomic E-state index is 0.202. The normalized spacial score (nSPS) is 14.7. The van der Waals surface area contributed by atoms with Crippen LogP contribution in [0.25, 0.3) is 38.7 Å². The molecule has 2 aliphatic carbocycles. The summed E-state index contributed by atoms with van der Waals surface area (Å²) < 4.78 is 0. The number of Topliss-reactive ketones (excluding diaryl/α,β-unsaturated/α-hetero) is 2. The molecule has 3 nitrogen and oxygen atoms in total. The number of hydrogen-bond donors (Lipinski definition) is 0. The van der Waals surface area contributed by atoms with Gasteiger partial charge in [-0.2, -0.15) is 0 Å². The topological polar surface area (TPSA) is 37.4 Å². The summed E-state index contributed by atoms with van der Waals surface area (Å²) in [6.45, 7) is 0. The second-order valence-corrected chi connectivity index (χ2v) is 13.9. The van der Waals surface area contributed by atoms with Crippen LogP contribution in [0.1, 0.15) is 48.5 Å². The Kier molecular flexibility index (Phi) is 5.89. The van der Waals surface area contributed by atoms with Crippen LogP contribution in [-0.2, 0) is 5.41 Å². The van der Waals surface area contributed by atoms with Crippen molar-refractivity contribution in [1.82, 2.24) is 0 Å². The van der Waals surface area contributed by atoms with Gasteiger partial charge in [0.1, 0.15) is 0 Å². The van der Waals surface area contributed by atoms with Crippen molar-refractivity contribution >= 4 is 56.2 Å². The van der Waals surface area contributed by atoms with Gasteiger partial charge in [-0.25, -0.2) is 0 Å². The van der Waals surface area contributed by atoms with Gasteiger partial charge in [0.2, 0.25) is 0 Å². The molecular formula is C49H29NO2. The van der Waals surface area contributed by atoms with E-state index in [0.717, 1.165) is 44.3 Å². The molecule has 3 aliphatic rings. The predicted octanol–water partition coefficient (Wildman–Crippen LogP) is 11.6. The fourth-order valence-corrected chi connectivity index (χ4v) is 9.18. The number of allylic oxidation sites excluding steroid dienone is 1. The third-order valence-electron chi connectivity index (χ3n) is 11.3. The summed E-state index contributed by atoms with van der Waals surface area (Å²) in [6, 6.07) is 59.3. The van der Waals surface area contributed by atoms with Gasteiger partial charge in [0.25, 0.3) is 0 Å². The standard InChI is InChI=1S/C49H29NO2/c51-47-37-28-32-13-1-2-14-33(32)29-38(37)48(52)39(47)26-30-24-25-46-43(27-30)49(40-19-7-5-17-35(40)36-18-6-8-20-41(36)49)42-21-9-10-22-45(42)50(46)44-23-11-15-31-12-3-4-16-34(31)44/h1-29H. The number of nitrogens with zero attached hydrogens (tertiary/aromatic N) is 1. The minimum Gasteiger partial charge on any atom is -0.309 e. The largest absolute Gasteiger partial charge is 0.309 e. The molecule has 1 spiro atoms. The summed E-state index contributed by atoms with van der Waals surface area (Å²) in [5.74, 6) is -0.449. The van der Waals surface area contributed by atoms with Crippen LogP contribution in [0.15, 0.2) is 175 Å². The highest BCUT2D eigenvalue weighted by atomic mass is 16.2. The number of ketones is 2. The van der Waals surface area contributed by atoms with Crippen LogP contribution in [0.5, 0.6) is 0 Å². The van der Waals surface area contributed by atoms with E-state index in [2.05, 4.69) is 138 Å². The molecule has 8 aromatic rings. The zero-order chi connectivity index (χ0) is 34.6. The van der Waals surface area contributed by atoms with Crippen LogP contribution in [0, 0.1) is 0 Å². The summed E-state index contributed by atoms with van der Waals surface area (Å²) >= 11 is 0.